The summed E-state index contributed by atoms with van der Waals surface area (Å²) in [6.07, 6.45) is 11.8. The third kappa shape index (κ3) is 5.37. The minimum atomic E-state index is -2.58. The van der Waals surface area contributed by atoms with Crippen LogP contribution in [0.1, 0.15) is 78.6 Å². The first kappa shape index (κ1) is 26.0. The van der Waals surface area contributed by atoms with Gasteiger partial charge < -0.3 is 15.1 Å². The molecule has 192 valence electrons. The van der Waals surface area contributed by atoms with Crippen molar-refractivity contribution in [2.75, 3.05) is 19.6 Å². The van der Waals surface area contributed by atoms with Gasteiger partial charge in [0.05, 0.1) is 12.2 Å². The molecule has 7 atom stereocenters. The van der Waals surface area contributed by atoms with E-state index in [0.717, 1.165) is 38.4 Å². The molecule has 2 N–H and O–H groups in total. The Balaban J connectivity index is 1.42. The van der Waals surface area contributed by atoms with Crippen molar-refractivity contribution in [3.05, 3.63) is 35.5 Å². The van der Waals surface area contributed by atoms with Crippen LogP contribution in [-0.4, -0.2) is 52.9 Å². The zero-order valence-corrected chi connectivity index (χ0v) is 21.4. The molecule has 0 aromatic rings. The minimum Gasteiger partial charge on any atom is -0.388 e. The second kappa shape index (κ2) is 10.1. The Hall–Kier alpha value is -1.04. The van der Waals surface area contributed by atoms with Gasteiger partial charge in [-0.3, -0.25) is 0 Å². The molecule has 4 aliphatic rings. The molecule has 1 heterocycles. The fourth-order valence-electron chi connectivity index (χ4n) is 7.81. The Kier molecular flexibility index (Phi) is 7.77. The maximum atomic E-state index is 13.9. The van der Waals surface area contributed by atoms with E-state index < -0.39 is 24.0 Å². The van der Waals surface area contributed by atoms with Crippen LogP contribution in [0, 0.1) is 29.1 Å². The molecule has 3 saturated carbocycles. The second-order valence-corrected chi connectivity index (χ2v) is 12.2. The van der Waals surface area contributed by atoms with E-state index in [1.54, 1.807) is 0 Å². The van der Waals surface area contributed by atoms with Crippen LogP contribution in [0.3, 0.4) is 0 Å². The van der Waals surface area contributed by atoms with Gasteiger partial charge in [-0.1, -0.05) is 43.7 Å². The molecule has 2 unspecified atom stereocenters. The number of alkyl halides is 2. The number of likely N-dealkylation sites (tertiary alicyclic amines) is 1. The van der Waals surface area contributed by atoms with Crippen molar-refractivity contribution in [1.29, 1.82) is 0 Å². The van der Waals surface area contributed by atoms with Crippen molar-refractivity contribution in [2.45, 2.75) is 96.7 Å². The highest BCUT2D eigenvalue weighted by Crippen LogP contribution is 2.59. The van der Waals surface area contributed by atoms with E-state index in [9.17, 15) is 19.0 Å². The molecule has 0 radical (unpaired) electrons. The third-order valence-corrected chi connectivity index (χ3v) is 9.79. The maximum absolute atomic E-state index is 13.9. The zero-order valence-electron chi connectivity index (χ0n) is 21.4. The van der Waals surface area contributed by atoms with Crippen LogP contribution in [0.4, 0.5) is 8.78 Å². The van der Waals surface area contributed by atoms with Gasteiger partial charge in [-0.2, -0.15) is 0 Å². The maximum Gasteiger partial charge on any atom is 0.249 e. The Labute approximate surface area is 205 Å². The van der Waals surface area contributed by atoms with Gasteiger partial charge in [0.15, 0.2) is 0 Å². The third-order valence-electron chi connectivity index (χ3n) is 9.79. The molecule has 5 heteroatoms. The topological polar surface area (TPSA) is 43.7 Å². The van der Waals surface area contributed by atoms with Crippen LogP contribution >= 0.6 is 0 Å². The summed E-state index contributed by atoms with van der Waals surface area (Å²) in [7, 11) is 0. The predicted molar refractivity (Wildman–Crippen MR) is 134 cm³/mol. The summed E-state index contributed by atoms with van der Waals surface area (Å²) >= 11 is 0. The van der Waals surface area contributed by atoms with Crippen LogP contribution in [0.5, 0.6) is 0 Å². The molecule has 0 aromatic heterocycles. The molecule has 3 nitrogen and oxygen atoms in total. The number of halogens is 2. The molecule has 1 aliphatic heterocycles. The lowest BCUT2D eigenvalue weighted by molar-refractivity contribution is -0.0695. The van der Waals surface area contributed by atoms with Crippen LogP contribution in [0.15, 0.2) is 35.5 Å². The van der Waals surface area contributed by atoms with Crippen LogP contribution in [-0.2, 0) is 0 Å². The number of hydrogen-bond donors (Lipinski definition) is 2. The van der Waals surface area contributed by atoms with Crippen molar-refractivity contribution in [3.8, 4) is 0 Å². The standard InChI is InChI=1S/C29H45F2NO2/c1-19(17-32-14-6-8-23(18-32)29(4,30)31)24-11-12-25-22(7-5-13-28(24,25)3)10-9-21-15-26(33)20(2)27(34)16-21/h9-10,19,23-27,33-34H,2,5-8,11-18H2,1,3-4H3/t19?,23?,24-,25+,26-,27-,28-/m1/s1. The first-order valence-electron chi connectivity index (χ1n) is 13.5. The van der Waals surface area contributed by atoms with Crippen molar-refractivity contribution in [1.82, 2.24) is 4.90 Å². The molecular weight excluding hydrogens is 432 g/mol. The highest BCUT2D eigenvalue weighted by molar-refractivity contribution is 5.29. The zero-order chi connectivity index (χ0) is 24.7. The molecule has 0 spiro atoms. The van der Waals surface area contributed by atoms with E-state index >= 15 is 0 Å². The normalized spacial score (nSPS) is 39.9. The van der Waals surface area contributed by atoms with Gasteiger partial charge in [0, 0.05) is 19.0 Å². The fourth-order valence-corrected chi connectivity index (χ4v) is 7.81. The molecule has 34 heavy (non-hydrogen) atoms. The number of piperidine rings is 1. The van der Waals surface area contributed by atoms with Gasteiger partial charge in [0.2, 0.25) is 5.92 Å². The number of allylic oxidation sites excluding steroid dienone is 3. The molecule has 4 rings (SSSR count). The van der Waals surface area contributed by atoms with Crippen molar-refractivity contribution in [3.63, 3.8) is 0 Å². The number of aliphatic hydroxyl groups is 2. The van der Waals surface area contributed by atoms with E-state index in [0.29, 0.717) is 49.1 Å². The first-order valence-corrected chi connectivity index (χ1v) is 13.5. The van der Waals surface area contributed by atoms with Gasteiger partial charge in [0.25, 0.3) is 0 Å². The quantitative estimate of drug-likeness (QED) is 0.468. The van der Waals surface area contributed by atoms with E-state index in [1.807, 2.05) is 0 Å². The molecular formula is C29H45F2NO2. The Morgan fingerprint density at radius 1 is 1.15 bits per heavy atom. The van der Waals surface area contributed by atoms with Gasteiger partial charge >= 0.3 is 0 Å². The summed E-state index contributed by atoms with van der Waals surface area (Å²) in [5.41, 5.74) is 3.42. The van der Waals surface area contributed by atoms with Crippen molar-refractivity contribution < 1.29 is 19.0 Å². The average Bonchev–Trinajstić information content (AvgIpc) is 3.13. The molecule has 3 aliphatic carbocycles. The van der Waals surface area contributed by atoms with E-state index in [1.165, 1.54) is 31.3 Å². The number of nitrogens with zero attached hydrogens (tertiary/aromatic N) is 1. The predicted octanol–water partition coefficient (Wildman–Crippen LogP) is 6.13. The number of hydrogen-bond acceptors (Lipinski definition) is 3. The minimum absolute atomic E-state index is 0.270. The Morgan fingerprint density at radius 3 is 2.53 bits per heavy atom. The highest BCUT2D eigenvalue weighted by atomic mass is 19.3. The lowest BCUT2D eigenvalue weighted by Gasteiger charge is -2.46. The smallest absolute Gasteiger partial charge is 0.249 e. The van der Waals surface area contributed by atoms with Gasteiger partial charge in [-0.15, -0.1) is 0 Å². The first-order chi connectivity index (χ1) is 16.0. The molecule has 0 amide bonds. The number of fused-ring (bicyclic) bond motifs is 1. The largest absolute Gasteiger partial charge is 0.388 e. The molecule has 1 saturated heterocycles. The number of rotatable bonds is 5. The van der Waals surface area contributed by atoms with Gasteiger partial charge in [-0.25, -0.2) is 8.78 Å². The Morgan fingerprint density at radius 2 is 1.85 bits per heavy atom. The van der Waals surface area contributed by atoms with Crippen LogP contribution in [0.25, 0.3) is 0 Å². The highest BCUT2D eigenvalue weighted by Gasteiger charge is 2.51. The fraction of sp³-hybridized carbons (Fsp3) is 0.793. The SMILES string of the molecule is C=C1[C@H](O)CC(=CC=C2CCC[C@]3(C)[C@@H](C(C)CN4CCCC(C(C)(F)F)C4)CC[C@@H]23)C[C@H]1O. The summed E-state index contributed by atoms with van der Waals surface area (Å²) in [6.45, 7) is 12.1. The number of aliphatic hydroxyl groups excluding tert-OH is 2. The molecule has 4 fully saturated rings. The lowest BCUT2D eigenvalue weighted by atomic mass is 9.61. The second-order valence-electron chi connectivity index (χ2n) is 12.2. The molecule has 0 bridgehead atoms. The monoisotopic (exact) mass is 477 g/mol. The lowest BCUT2D eigenvalue weighted by Crippen LogP contribution is -2.46. The average molecular weight is 478 g/mol. The van der Waals surface area contributed by atoms with E-state index in [2.05, 4.69) is 37.5 Å². The summed E-state index contributed by atoms with van der Waals surface area (Å²) in [4.78, 5) is 2.31. The van der Waals surface area contributed by atoms with Gasteiger partial charge in [0.1, 0.15) is 0 Å². The Bertz CT molecular complexity index is 799. The van der Waals surface area contributed by atoms with Gasteiger partial charge in [-0.05, 0) is 100.0 Å². The summed E-state index contributed by atoms with van der Waals surface area (Å²) in [5.74, 6) is -1.38. The summed E-state index contributed by atoms with van der Waals surface area (Å²) < 4.78 is 27.9. The molecule has 0 aromatic carbocycles. The van der Waals surface area contributed by atoms with E-state index in [-0.39, 0.29) is 5.41 Å². The van der Waals surface area contributed by atoms with Crippen LogP contribution in [0.2, 0.25) is 0 Å². The van der Waals surface area contributed by atoms with Crippen molar-refractivity contribution in [2.24, 2.45) is 29.1 Å². The summed E-state index contributed by atoms with van der Waals surface area (Å²) in [5, 5.41) is 20.3. The summed E-state index contributed by atoms with van der Waals surface area (Å²) in [6, 6.07) is 0. The van der Waals surface area contributed by atoms with E-state index in [4.69, 9.17) is 0 Å². The van der Waals surface area contributed by atoms with Crippen molar-refractivity contribution >= 4 is 0 Å². The van der Waals surface area contributed by atoms with Crippen LogP contribution < -0.4 is 0 Å².